The third-order valence-electron chi connectivity index (χ3n) is 6.63. The summed E-state index contributed by atoms with van der Waals surface area (Å²) in [7, 11) is 4.50. The summed E-state index contributed by atoms with van der Waals surface area (Å²) >= 11 is 0. The van der Waals surface area contributed by atoms with Crippen molar-refractivity contribution in [3.05, 3.63) is 77.4 Å². The van der Waals surface area contributed by atoms with E-state index in [0.717, 1.165) is 4.90 Å². The first kappa shape index (κ1) is 24.2. The lowest BCUT2D eigenvalue weighted by atomic mass is 9.86. The highest BCUT2D eigenvalue weighted by molar-refractivity contribution is 6.24. The minimum absolute atomic E-state index is 0.281. The number of hydrogen-bond acceptors (Lipinski definition) is 7. The fourth-order valence-electron chi connectivity index (χ4n) is 4.95. The number of carbonyl (C=O) groups is 3. The van der Waals surface area contributed by atoms with E-state index in [1.54, 1.807) is 65.6 Å². The summed E-state index contributed by atoms with van der Waals surface area (Å²) in [6.45, 7) is 2.40. The molecule has 0 unspecified atom stereocenters. The standard InChI is InChI=1S/C28H26N2O7/c1-5-37-18-12-10-17(11-13-18)29-23(16-14-21(34-2)25(36-4)22(15-16)35-3)24(28(29)33)30-26(31)19-8-6-7-9-20(19)27(30)32/h6-15,23-24H,5H2,1-4H3/t23-,24-/m0/s1. The normalized spacial score (nSPS) is 18.4. The SMILES string of the molecule is CCOc1ccc(N2C(=O)[C@@H](N3C(=O)c4ccccc4C3=O)[C@@H]2c2cc(OC)c(OC)c(OC)c2)cc1. The molecule has 37 heavy (non-hydrogen) atoms. The predicted octanol–water partition coefficient (Wildman–Crippen LogP) is 3.86. The fourth-order valence-corrected chi connectivity index (χ4v) is 4.95. The molecule has 2 atom stereocenters. The topological polar surface area (TPSA) is 94.6 Å². The van der Waals surface area contributed by atoms with Crippen LogP contribution in [0.25, 0.3) is 0 Å². The van der Waals surface area contributed by atoms with Crippen LogP contribution in [0, 0.1) is 0 Å². The van der Waals surface area contributed by atoms with Crippen molar-refractivity contribution in [1.82, 2.24) is 4.90 Å². The molecule has 2 heterocycles. The van der Waals surface area contributed by atoms with Crippen LogP contribution in [0.1, 0.15) is 39.2 Å². The Kier molecular flexibility index (Phi) is 6.20. The van der Waals surface area contributed by atoms with E-state index in [0.29, 0.717) is 40.9 Å². The summed E-state index contributed by atoms with van der Waals surface area (Å²) in [5, 5.41) is 0. The summed E-state index contributed by atoms with van der Waals surface area (Å²) in [6, 6.07) is 15.4. The number of fused-ring (bicyclic) bond motifs is 1. The van der Waals surface area contributed by atoms with Gasteiger partial charge in [0.2, 0.25) is 5.75 Å². The Hall–Kier alpha value is -4.53. The first-order chi connectivity index (χ1) is 17.9. The number of methoxy groups -OCH3 is 3. The van der Waals surface area contributed by atoms with Gasteiger partial charge < -0.3 is 23.8 Å². The quantitative estimate of drug-likeness (QED) is 0.341. The van der Waals surface area contributed by atoms with Crippen molar-refractivity contribution in [3.8, 4) is 23.0 Å². The lowest BCUT2D eigenvalue weighted by Gasteiger charge is -2.49. The molecule has 5 rings (SSSR count). The van der Waals surface area contributed by atoms with Gasteiger partial charge in [-0.15, -0.1) is 0 Å². The molecule has 0 aromatic heterocycles. The Labute approximate surface area is 214 Å². The highest BCUT2D eigenvalue weighted by atomic mass is 16.5. The molecule has 9 nitrogen and oxygen atoms in total. The zero-order valence-corrected chi connectivity index (χ0v) is 20.9. The van der Waals surface area contributed by atoms with Crippen LogP contribution in [-0.2, 0) is 4.79 Å². The van der Waals surface area contributed by atoms with Gasteiger partial charge >= 0.3 is 0 Å². The largest absolute Gasteiger partial charge is 0.494 e. The maximum Gasteiger partial charge on any atom is 0.262 e. The Balaban J connectivity index is 1.62. The smallest absolute Gasteiger partial charge is 0.262 e. The van der Waals surface area contributed by atoms with Crippen LogP contribution >= 0.6 is 0 Å². The van der Waals surface area contributed by atoms with Gasteiger partial charge in [0, 0.05) is 5.69 Å². The van der Waals surface area contributed by atoms with Gasteiger partial charge in [-0.05, 0) is 61.0 Å². The number of anilines is 1. The van der Waals surface area contributed by atoms with Crippen molar-refractivity contribution in [2.45, 2.75) is 19.0 Å². The first-order valence-electron chi connectivity index (χ1n) is 11.8. The van der Waals surface area contributed by atoms with Crippen molar-refractivity contribution in [1.29, 1.82) is 0 Å². The minimum atomic E-state index is -1.05. The maximum absolute atomic E-state index is 13.7. The monoisotopic (exact) mass is 502 g/mol. The third-order valence-corrected chi connectivity index (χ3v) is 6.63. The van der Waals surface area contributed by atoms with Crippen LogP contribution in [-0.4, -0.2) is 56.6 Å². The van der Waals surface area contributed by atoms with E-state index in [9.17, 15) is 14.4 Å². The summed E-state index contributed by atoms with van der Waals surface area (Å²) in [5.41, 5.74) is 1.77. The summed E-state index contributed by atoms with van der Waals surface area (Å²) in [6.07, 6.45) is 0. The van der Waals surface area contributed by atoms with Crippen molar-refractivity contribution in [2.75, 3.05) is 32.8 Å². The van der Waals surface area contributed by atoms with Gasteiger partial charge in [0.1, 0.15) is 11.8 Å². The molecule has 3 amide bonds. The molecule has 0 bridgehead atoms. The molecule has 0 radical (unpaired) electrons. The highest BCUT2D eigenvalue weighted by Crippen LogP contribution is 2.48. The zero-order valence-electron chi connectivity index (χ0n) is 20.9. The average molecular weight is 503 g/mol. The Morgan fingerprint density at radius 1 is 0.730 bits per heavy atom. The van der Waals surface area contributed by atoms with Crippen LogP contribution in [0.4, 0.5) is 5.69 Å². The van der Waals surface area contributed by atoms with Gasteiger partial charge in [-0.2, -0.15) is 0 Å². The number of ether oxygens (including phenoxy) is 4. The number of carbonyl (C=O) groups excluding carboxylic acids is 3. The Morgan fingerprint density at radius 2 is 1.30 bits per heavy atom. The van der Waals surface area contributed by atoms with E-state index in [2.05, 4.69) is 0 Å². The van der Waals surface area contributed by atoms with Gasteiger partial charge in [-0.3, -0.25) is 19.3 Å². The van der Waals surface area contributed by atoms with E-state index >= 15 is 0 Å². The molecular formula is C28H26N2O7. The molecule has 2 aliphatic rings. The zero-order chi connectivity index (χ0) is 26.3. The van der Waals surface area contributed by atoms with Crippen molar-refractivity contribution in [2.24, 2.45) is 0 Å². The molecule has 1 fully saturated rings. The van der Waals surface area contributed by atoms with Crippen LogP contribution in [0.15, 0.2) is 60.7 Å². The molecule has 0 aliphatic carbocycles. The van der Waals surface area contributed by atoms with E-state index in [4.69, 9.17) is 18.9 Å². The van der Waals surface area contributed by atoms with Crippen LogP contribution in [0.5, 0.6) is 23.0 Å². The Morgan fingerprint density at radius 3 is 1.78 bits per heavy atom. The number of nitrogens with zero attached hydrogens (tertiary/aromatic N) is 2. The predicted molar refractivity (Wildman–Crippen MR) is 135 cm³/mol. The minimum Gasteiger partial charge on any atom is -0.494 e. The molecule has 9 heteroatoms. The number of amides is 3. The van der Waals surface area contributed by atoms with Gasteiger partial charge in [0.25, 0.3) is 17.7 Å². The van der Waals surface area contributed by atoms with Crippen LogP contribution < -0.4 is 23.8 Å². The number of benzene rings is 3. The summed E-state index contributed by atoms with van der Waals surface area (Å²) in [4.78, 5) is 42.9. The van der Waals surface area contributed by atoms with E-state index in [1.165, 1.54) is 21.3 Å². The van der Waals surface area contributed by atoms with E-state index in [-0.39, 0.29) is 17.0 Å². The molecule has 3 aromatic rings. The number of imide groups is 1. The van der Waals surface area contributed by atoms with Gasteiger partial charge in [0.05, 0.1) is 45.1 Å². The fraction of sp³-hybridized carbons (Fsp3) is 0.250. The van der Waals surface area contributed by atoms with Crippen LogP contribution in [0.3, 0.4) is 0 Å². The number of β-lactam (4-membered cyclic amide) rings is 1. The third kappa shape index (κ3) is 3.74. The maximum atomic E-state index is 13.7. The second kappa shape index (κ2) is 9.50. The summed E-state index contributed by atoms with van der Waals surface area (Å²) in [5.74, 6) is 0.473. The molecule has 190 valence electrons. The summed E-state index contributed by atoms with van der Waals surface area (Å²) < 4.78 is 22.0. The van der Waals surface area contributed by atoms with Crippen molar-refractivity contribution >= 4 is 23.4 Å². The highest BCUT2D eigenvalue weighted by Gasteiger charge is 2.57. The Bertz CT molecular complexity index is 1330. The molecular weight excluding hydrogens is 476 g/mol. The first-order valence-corrected chi connectivity index (χ1v) is 11.8. The number of rotatable bonds is 8. The van der Waals surface area contributed by atoms with Gasteiger partial charge in [0.15, 0.2) is 11.5 Å². The van der Waals surface area contributed by atoms with Crippen LogP contribution in [0.2, 0.25) is 0 Å². The lowest BCUT2D eigenvalue weighted by Crippen LogP contribution is -2.67. The average Bonchev–Trinajstić information content (AvgIpc) is 3.17. The molecule has 3 aromatic carbocycles. The van der Waals surface area contributed by atoms with E-state index < -0.39 is 23.9 Å². The van der Waals surface area contributed by atoms with Gasteiger partial charge in [-0.1, -0.05) is 12.1 Å². The van der Waals surface area contributed by atoms with E-state index in [1.807, 2.05) is 6.92 Å². The van der Waals surface area contributed by atoms with Gasteiger partial charge in [-0.25, -0.2) is 0 Å². The molecule has 0 N–H and O–H groups in total. The molecule has 0 saturated carbocycles. The second-order valence-electron chi connectivity index (χ2n) is 8.51. The lowest BCUT2D eigenvalue weighted by molar-refractivity contribution is -0.130. The second-order valence-corrected chi connectivity index (χ2v) is 8.51. The number of hydrogen-bond donors (Lipinski definition) is 0. The van der Waals surface area contributed by atoms with Crippen molar-refractivity contribution in [3.63, 3.8) is 0 Å². The molecule has 0 spiro atoms. The van der Waals surface area contributed by atoms with Crippen molar-refractivity contribution < 1.29 is 33.3 Å². The molecule has 1 saturated heterocycles. The molecule has 2 aliphatic heterocycles.